The molecule has 1 N–H and O–H groups in total. The Balaban J connectivity index is 2.12. The first-order valence-electron chi connectivity index (χ1n) is 6.74. The van der Waals surface area contributed by atoms with E-state index < -0.39 is 0 Å². The molecule has 0 saturated heterocycles. The Morgan fingerprint density at radius 1 is 1.26 bits per heavy atom. The third-order valence-electron chi connectivity index (χ3n) is 3.07. The number of aromatic nitrogens is 4. The van der Waals surface area contributed by atoms with Gasteiger partial charge in [-0.3, -0.25) is 4.68 Å². The number of hydrogen-bond acceptors (Lipinski definition) is 4. The Labute approximate surface area is 114 Å². The standard InChI is InChI=1S/C14H21N5/c1-4-15-14(12-5-7-16-17-10-12)9-13-6-8-19(18-13)11(2)3/h5-8,10-11,14-15H,4,9H2,1-3H3. The molecule has 5 heteroatoms. The molecule has 19 heavy (non-hydrogen) atoms. The minimum atomic E-state index is 0.232. The Morgan fingerprint density at radius 2 is 2.11 bits per heavy atom. The van der Waals surface area contributed by atoms with E-state index in [9.17, 15) is 0 Å². The van der Waals surface area contributed by atoms with Crippen LogP contribution in [0.3, 0.4) is 0 Å². The minimum absolute atomic E-state index is 0.232. The molecular formula is C14H21N5. The number of rotatable bonds is 6. The van der Waals surface area contributed by atoms with Crippen molar-refractivity contribution in [2.45, 2.75) is 39.3 Å². The van der Waals surface area contributed by atoms with Crippen molar-refractivity contribution in [2.24, 2.45) is 0 Å². The van der Waals surface area contributed by atoms with Crippen molar-refractivity contribution in [3.8, 4) is 0 Å². The second-order valence-electron chi connectivity index (χ2n) is 4.87. The van der Waals surface area contributed by atoms with Gasteiger partial charge in [0, 0.05) is 30.9 Å². The largest absolute Gasteiger partial charge is 0.310 e. The summed E-state index contributed by atoms with van der Waals surface area (Å²) in [4.78, 5) is 0. The van der Waals surface area contributed by atoms with Crippen molar-refractivity contribution in [3.63, 3.8) is 0 Å². The quantitative estimate of drug-likeness (QED) is 0.863. The predicted octanol–water partition coefficient (Wildman–Crippen LogP) is 2.15. The highest BCUT2D eigenvalue weighted by Crippen LogP contribution is 2.16. The smallest absolute Gasteiger partial charge is 0.0643 e. The Hall–Kier alpha value is -1.75. The highest BCUT2D eigenvalue weighted by molar-refractivity contribution is 5.15. The molecule has 0 aliphatic carbocycles. The highest BCUT2D eigenvalue weighted by atomic mass is 15.3. The SMILES string of the molecule is CCNC(Cc1ccn(C(C)C)n1)c1ccnnc1. The summed E-state index contributed by atoms with van der Waals surface area (Å²) in [6, 6.07) is 4.71. The highest BCUT2D eigenvalue weighted by Gasteiger charge is 2.13. The molecule has 0 fully saturated rings. The maximum Gasteiger partial charge on any atom is 0.0643 e. The van der Waals surface area contributed by atoms with Crippen LogP contribution >= 0.6 is 0 Å². The van der Waals surface area contributed by atoms with E-state index in [1.807, 2.05) is 23.1 Å². The van der Waals surface area contributed by atoms with Crippen molar-refractivity contribution < 1.29 is 0 Å². The zero-order valence-corrected chi connectivity index (χ0v) is 11.7. The Bertz CT molecular complexity index is 492. The molecule has 0 spiro atoms. The van der Waals surface area contributed by atoms with Gasteiger partial charge in [-0.1, -0.05) is 6.92 Å². The van der Waals surface area contributed by atoms with E-state index >= 15 is 0 Å². The third-order valence-corrected chi connectivity index (χ3v) is 3.07. The first-order valence-corrected chi connectivity index (χ1v) is 6.74. The summed E-state index contributed by atoms with van der Waals surface area (Å²) in [6.45, 7) is 7.28. The van der Waals surface area contributed by atoms with Crippen LogP contribution in [0, 0.1) is 0 Å². The van der Waals surface area contributed by atoms with Gasteiger partial charge in [0.25, 0.3) is 0 Å². The lowest BCUT2D eigenvalue weighted by molar-refractivity contribution is 0.505. The first kappa shape index (κ1) is 13.7. The maximum atomic E-state index is 4.60. The van der Waals surface area contributed by atoms with Crippen LogP contribution in [-0.2, 0) is 6.42 Å². The van der Waals surface area contributed by atoms with E-state index in [4.69, 9.17) is 0 Å². The summed E-state index contributed by atoms with van der Waals surface area (Å²) in [6.07, 6.45) is 6.44. The summed E-state index contributed by atoms with van der Waals surface area (Å²) in [5.41, 5.74) is 2.24. The topological polar surface area (TPSA) is 55.6 Å². The van der Waals surface area contributed by atoms with E-state index in [1.165, 1.54) is 0 Å². The van der Waals surface area contributed by atoms with Crippen molar-refractivity contribution in [1.29, 1.82) is 0 Å². The monoisotopic (exact) mass is 259 g/mol. The van der Waals surface area contributed by atoms with Gasteiger partial charge in [-0.15, -0.1) is 0 Å². The molecular weight excluding hydrogens is 238 g/mol. The summed E-state index contributed by atoms with van der Waals surface area (Å²) in [5.74, 6) is 0. The molecule has 2 aromatic rings. The Morgan fingerprint density at radius 3 is 2.68 bits per heavy atom. The van der Waals surface area contributed by atoms with Gasteiger partial charge in [0.05, 0.1) is 11.9 Å². The number of nitrogens with zero attached hydrogens (tertiary/aromatic N) is 4. The van der Waals surface area contributed by atoms with Crippen LogP contribution in [-0.4, -0.2) is 26.5 Å². The van der Waals surface area contributed by atoms with Gasteiger partial charge in [-0.05, 0) is 38.1 Å². The molecule has 0 aliphatic rings. The first-order chi connectivity index (χ1) is 9.20. The molecule has 5 nitrogen and oxygen atoms in total. The van der Waals surface area contributed by atoms with Crippen LogP contribution in [0.15, 0.2) is 30.7 Å². The van der Waals surface area contributed by atoms with Crippen molar-refractivity contribution in [2.75, 3.05) is 6.54 Å². The number of hydrogen-bond donors (Lipinski definition) is 1. The van der Waals surface area contributed by atoms with Crippen LogP contribution in [0.4, 0.5) is 0 Å². The molecule has 2 heterocycles. The molecule has 102 valence electrons. The molecule has 1 unspecified atom stereocenters. The summed E-state index contributed by atoms with van der Waals surface area (Å²) >= 11 is 0. The molecule has 2 aromatic heterocycles. The Kier molecular flexibility index (Phi) is 4.63. The minimum Gasteiger partial charge on any atom is -0.310 e. The molecule has 0 saturated carbocycles. The van der Waals surface area contributed by atoms with Crippen LogP contribution in [0.25, 0.3) is 0 Å². The van der Waals surface area contributed by atoms with Gasteiger partial charge in [0.15, 0.2) is 0 Å². The average Bonchev–Trinajstić information content (AvgIpc) is 2.88. The van der Waals surface area contributed by atoms with Gasteiger partial charge < -0.3 is 5.32 Å². The van der Waals surface area contributed by atoms with Crippen molar-refractivity contribution in [1.82, 2.24) is 25.3 Å². The lowest BCUT2D eigenvalue weighted by Crippen LogP contribution is -2.23. The van der Waals surface area contributed by atoms with Gasteiger partial charge in [0.2, 0.25) is 0 Å². The van der Waals surface area contributed by atoms with Gasteiger partial charge in [-0.2, -0.15) is 15.3 Å². The van der Waals surface area contributed by atoms with E-state index in [0.29, 0.717) is 6.04 Å². The fraction of sp³-hybridized carbons (Fsp3) is 0.500. The lowest BCUT2D eigenvalue weighted by Gasteiger charge is -2.16. The third kappa shape index (κ3) is 3.61. The van der Waals surface area contributed by atoms with Gasteiger partial charge in [-0.25, -0.2) is 0 Å². The van der Waals surface area contributed by atoms with Crippen LogP contribution < -0.4 is 5.32 Å². The summed E-state index contributed by atoms with van der Waals surface area (Å²) < 4.78 is 1.99. The normalized spacial score (nSPS) is 12.8. The molecule has 1 atom stereocenters. The fourth-order valence-corrected chi connectivity index (χ4v) is 2.04. The summed E-state index contributed by atoms with van der Waals surface area (Å²) in [7, 11) is 0. The van der Waals surface area contributed by atoms with Gasteiger partial charge >= 0.3 is 0 Å². The van der Waals surface area contributed by atoms with Crippen LogP contribution in [0.5, 0.6) is 0 Å². The van der Waals surface area contributed by atoms with E-state index in [1.54, 1.807) is 6.20 Å². The fourth-order valence-electron chi connectivity index (χ4n) is 2.04. The van der Waals surface area contributed by atoms with Crippen LogP contribution in [0.1, 0.15) is 44.1 Å². The molecule has 2 rings (SSSR count). The number of nitrogens with one attached hydrogen (secondary N) is 1. The average molecular weight is 259 g/mol. The predicted molar refractivity (Wildman–Crippen MR) is 74.8 cm³/mol. The second-order valence-corrected chi connectivity index (χ2v) is 4.87. The molecule has 0 bridgehead atoms. The zero-order valence-electron chi connectivity index (χ0n) is 11.7. The van der Waals surface area contributed by atoms with E-state index in [0.717, 1.165) is 24.2 Å². The molecule has 0 amide bonds. The van der Waals surface area contributed by atoms with Gasteiger partial charge in [0.1, 0.15) is 0 Å². The lowest BCUT2D eigenvalue weighted by atomic mass is 10.0. The van der Waals surface area contributed by atoms with Crippen molar-refractivity contribution >= 4 is 0 Å². The summed E-state index contributed by atoms with van der Waals surface area (Å²) in [5, 5.41) is 15.8. The van der Waals surface area contributed by atoms with E-state index in [-0.39, 0.29) is 6.04 Å². The van der Waals surface area contributed by atoms with Crippen LogP contribution in [0.2, 0.25) is 0 Å². The second kappa shape index (κ2) is 6.43. The molecule has 0 radical (unpaired) electrons. The van der Waals surface area contributed by atoms with Crippen molar-refractivity contribution in [3.05, 3.63) is 42.0 Å². The maximum absolute atomic E-state index is 4.60. The van der Waals surface area contributed by atoms with E-state index in [2.05, 4.69) is 47.5 Å². The molecule has 0 aromatic carbocycles. The number of likely N-dealkylation sites (N-methyl/N-ethyl adjacent to an activating group) is 1. The molecule has 0 aliphatic heterocycles. The zero-order chi connectivity index (χ0) is 13.7.